The molecule has 1 saturated heterocycles. The first kappa shape index (κ1) is 21.2. The van der Waals surface area contributed by atoms with Crippen molar-refractivity contribution in [2.24, 2.45) is 5.92 Å². The Morgan fingerprint density at radius 1 is 1.06 bits per heavy atom. The molecular formula is C25H29N3O3S. The molecule has 3 heterocycles. The van der Waals surface area contributed by atoms with Crippen molar-refractivity contribution < 1.29 is 13.2 Å². The van der Waals surface area contributed by atoms with E-state index in [2.05, 4.69) is 23.6 Å². The number of aryl methyl sites for hydroxylation is 1. The number of carbonyl (C=O) groups is 1. The highest BCUT2D eigenvalue weighted by Crippen LogP contribution is 2.29. The summed E-state index contributed by atoms with van der Waals surface area (Å²) >= 11 is 0. The number of benzene rings is 2. The molecule has 168 valence electrons. The van der Waals surface area contributed by atoms with Gasteiger partial charge in [0.2, 0.25) is 15.9 Å². The third kappa shape index (κ3) is 3.73. The highest BCUT2D eigenvalue weighted by molar-refractivity contribution is 7.89. The van der Waals surface area contributed by atoms with E-state index >= 15 is 0 Å². The van der Waals surface area contributed by atoms with Crippen molar-refractivity contribution in [1.29, 1.82) is 0 Å². The van der Waals surface area contributed by atoms with Crippen LogP contribution in [0.1, 0.15) is 30.9 Å². The van der Waals surface area contributed by atoms with Crippen LogP contribution in [0.2, 0.25) is 0 Å². The molecule has 0 bridgehead atoms. The lowest BCUT2D eigenvalue weighted by Gasteiger charge is -2.36. The Morgan fingerprint density at radius 2 is 1.88 bits per heavy atom. The number of rotatable bonds is 4. The van der Waals surface area contributed by atoms with E-state index < -0.39 is 10.0 Å². The van der Waals surface area contributed by atoms with Crippen LogP contribution in [-0.2, 0) is 34.3 Å². The summed E-state index contributed by atoms with van der Waals surface area (Å²) in [7, 11) is -3.64. The predicted molar refractivity (Wildman–Crippen MR) is 125 cm³/mol. The molecule has 0 radical (unpaired) electrons. The van der Waals surface area contributed by atoms with Crippen molar-refractivity contribution in [3.63, 3.8) is 0 Å². The maximum Gasteiger partial charge on any atom is 0.243 e. The van der Waals surface area contributed by atoms with Crippen LogP contribution in [0.4, 0.5) is 0 Å². The molecule has 2 aliphatic rings. The number of hydrogen-bond donors (Lipinski definition) is 0. The van der Waals surface area contributed by atoms with Gasteiger partial charge in [-0.25, -0.2) is 8.42 Å². The number of sulfonamides is 1. The molecule has 2 aliphatic heterocycles. The monoisotopic (exact) mass is 451 g/mol. The van der Waals surface area contributed by atoms with Crippen molar-refractivity contribution in [2.45, 2.75) is 44.2 Å². The quantitative estimate of drug-likeness (QED) is 0.608. The van der Waals surface area contributed by atoms with Gasteiger partial charge in [0.1, 0.15) is 0 Å². The van der Waals surface area contributed by atoms with E-state index in [1.165, 1.54) is 15.4 Å². The smallest absolute Gasteiger partial charge is 0.243 e. The number of nitrogens with zero attached hydrogens (tertiary/aromatic N) is 3. The van der Waals surface area contributed by atoms with Crippen molar-refractivity contribution >= 4 is 26.8 Å². The van der Waals surface area contributed by atoms with Crippen LogP contribution in [0.15, 0.2) is 59.6 Å². The normalized spacial score (nSPS) is 19.8. The maximum atomic E-state index is 13.4. The fraction of sp³-hybridized carbons (Fsp3) is 0.400. The number of aromatic nitrogens is 1. The van der Waals surface area contributed by atoms with Crippen molar-refractivity contribution in [2.75, 3.05) is 19.6 Å². The zero-order valence-corrected chi connectivity index (χ0v) is 19.2. The third-order valence-electron chi connectivity index (χ3n) is 6.90. The van der Waals surface area contributed by atoms with Gasteiger partial charge in [-0.1, -0.05) is 24.3 Å². The summed E-state index contributed by atoms with van der Waals surface area (Å²) in [6.07, 6.45) is 4.28. The van der Waals surface area contributed by atoms with Gasteiger partial charge in [0.15, 0.2) is 0 Å². The second-order valence-corrected chi connectivity index (χ2v) is 10.7. The van der Waals surface area contributed by atoms with Gasteiger partial charge < -0.3 is 9.47 Å². The minimum Gasteiger partial charge on any atom is -0.348 e. The number of carbonyl (C=O) groups excluding carboxylic acids is 1. The Bertz CT molecular complexity index is 1260. The first-order valence-electron chi connectivity index (χ1n) is 11.4. The molecule has 0 N–H and O–H groups in total. The number of hydrogen-bond acceptors (Lipinski definition) is 3. The summed E-state index contributed by atoms with van der Waals surface area (Å²) in [4.78, 5) is 15.5. The van der Waals surface area contributed by atoms with Gasteiger partial charge in [-0.15, -0.1) is 0 Å². The lowest BCUT2D eigenvalue weighted by molar-refractivity contribution is -0.137. The Balaban J connectivity index is 1.33. The highest BCUT2D eigenvalue weighted by Gasteiger charge is 2.36. The summed E-state index contributed by atoms with van der Waals surface area (Å²) in [5, 5.41) is 0.921. The largest absolute Gasteiger partial charge is 0.348 e. The molecule has 0 spiro atoms. The zero-order chi connectivity index (χ0) is 22.3. The molecule has 0 unspecified atom stereocenters. The van der Waals surface area contributed by atoms with Gasteiger partial charge in [-0.3, -0.25) is 4.79 Å². The van der Waals surface area contributed by atoms with Gasteiger partial charge >= 0.3 is 0 Å². The van der Waals surface area contributed by atoms with Gasteiger partial charge in [-0.2, -0.15) is 4.31 Å². The SMILES string of the molecule is CCn1ccc2cc(S(=O)(=O)N3CCC[C@@H](C(=O)N4CCc5ccccc5C4)C3)ccc21. The van der Waals surface area contributed by atoms with E-state index in [4.69, 9.17) is 0 Å². The summed E-state index contributed by atoms with van der Waals surface area (Å²) in [5.41, 5.74) is 3.53. The average molecular weight is 452 g/mol. The number of fused-ring (bicyclic) bond motifs is 2. The second-order valence-electron chi connectivity index (χ2n) is 8.80. The molecule has 1 aromatic heterocycles. The standard InChI is InChI=1S/C25H29N3O3S/c1-2-26-14-12-20-16-23(9-10-24(20)26)32(30,31)28-13-5-8-22(18-28)25(29)27-15-11-19-6-3-4-7-21(19)17-27/h3-4,6-7,9-10,12,14,16,22H,2,5,8,11,13,15,17-18H2,1H3/t22-/m1/s1. The van der Waals surface area contributed by atoms with E-state index in [-0.39, 0.29) is 18.4 Å². The topological polar surface area (TPSA) is 62.6 Å². The first-order valence-corrected chi connectivity index (χ1v) is 12.9. The van der Waals surface area contributed by atoms with Crippen LogP contribution in [0.25, 0.3) is 10.9 Å². The summed E-state index contributed by atoms with van der Waals surface area (Å²) in [6.45, 7) is 4.94. The van der Waals surface area contributed by atoms with Gasteiger partial charge in [0, 0.05) is 49.8 Å². The third-order valence-corrected chi connectivity index (χ3v) is 8.76. The fourth-order valence-electron chi connectivity index (χ4n) is 5.07. The second kappa shape index (κ2) is 8.37. The van der Waals surface area contributed by atoms with E-state index in [0.717, 1.165) is 30.3 Å². The Kier molecular flexibility index (Phi) is 5.55. The minimum atomic E-state index is -3.64. The van der Waals surface area contributed by atoms with Crippen LogP contribution in [0.5, 0.6) is 0 Å². The molecule has 32 heavy (non-hydrogen) atoms. The van der Waals surface area contributed by atoms with Crippen LogP contribution < -0.4 is 0 Å². The van der Waals surface area contributed by atoms with Crippen LogP contribution in [-0.4, -0.2) is 47.7 Å². The van der Waals surface area contributed by atoms with E-state index in [9.17, 15) is 13.2 Å². The molecule has 1 amide bonds. The van der Waals surface area contributed by atoms with Crippen molar-refractivity contribution in [1.82, 2.24) is 13.8 Å². The van der Waals surface area contributed by atoms with Gasteiger partial charge in [-0.05, 0) is 61.6 Å². The lowest BCUT2D eigenvalue weighted by Crippen LogP contribution is -2.47. The molecule has 3 aromatic rings. The molecule has 5 rings (SSSR count). The summed E-state index contributed by atoms with van der Waals surface area (Å²) < 4.78 is 30.4. The molecule has 0 aliphatic carbocycles. The van der Waals surface area contributed by atoms with E-state index in [1.807, 2.05) is 35.4 Å². The van der Waals surface area contributed by atoms with Crippen molar-refractivity contribution in [3.05, 3.63) is 65.9 Å². The van der Waals surface area contributed by atoms with Crippen LogP contribution in [0.3, 0.4) is 0 Å². The highest BCUT2D eigenvalue weighted by atomic mass is 32.2. The zero-order valence-electron chi connectivity index (χ0n) is 18.4. The molecule has 1 fully saturated rings. The minimum absolute atomic E-state index is 0.0786. The molecule has 0 saturated carbocycles. The van der Waals surface area contributed by atoms with Gasteiger partial charge in [0.05, 0.1) is 10.8 Å². The maximum absolute atomic E-state index is 13.4. The predicted octanol–water partition coefficient (Wildman–Crippen LogP) is 3.65. The van der Waals surface area contributed by atoms with Crippen LogP contribution in [0, 0.1) is 5.92 Å². The number of amides is 1. The van der Waals surface area contributed by atoms with E-state index in [1.54, 1.807) is 12.1 Å². The Morgan fingerprint density at radius 3 is 2.69 bits per heavy atom. The molecular weight excluding hydrogens is 422 g/mol. The Hall–Kier alpha value is -2.64. The first-order chi connectivity index (χ1) is 15.5. The summed E-state index contributed by atoms with van der Waals surface area (Å²) in [6, 6.07) is 15.5. The van der Waals surface area contributed by atoms with Gasteiger partial charge in [0.25, 0.3) is 0 Å². The Labute approximate surface area is 189 Å². The summed E-state index contributed by atoms with van der Waals surface area (Å²) in [5.74, 6) is -0.205. The van der Waals surface area contributed by atoms with Crippen LogP contribution >= 0.6 is 0 Å². The van der Waals surface area contributed by atoms with E-state index in [0.29, 0.717) is 31.0 Å². The fourth-order valence-corrected chi connectivity index (χ4v) is 6.63. The molecule has 1 atom stereocenters. The van der Waals surface area contributed by atoms with Crippen molar-refractivity contribution in [3.8, 4) is 0 Å². The lowest BCUT2D eigenvalue weighted by atomic mass is 9.95. The average Bonchev–Trinajstić information content (AvgIpc) is 3.26. The molecule has 2 aromatic carbocycles. The number of piperidine rings is 1. The molecule has 7 heteroatoms. The molecule has 6 nitrogen and oxygen atoms in total.